The summed E-state index contributed by atoms with van der Waals surface area (Å²) in [7, 11) is 0. The van der Waals surface area contributed by atoms with Crippen LogP contribution in [0.1, 0.15) is 38.3 Å². The summed E-state index contributed by atoms with van der Waals surface area (Å²) < 4.78 is 13.0. The number of hydrogen-bond acceptors (Lipinski definition) is 2. The maximum atomic E-state index is 13.0. The van der Waals surface area contributed by atoms with E-state index in [4.69, 9.17) is 6.42 Å². The lowest BCUT2D eigenvalue weighted by atomic mass is 10.1. The molecule has 0 spiro atoms. The summed E-state index contributed by atoms with van der Waals surface area (Å²) in [4.78, 5) is 3.83. The van der Waals surface area contributed by atoms with Crippen molar-refractivity contribution in [2.24, 2.45) is 0 Å². The van der Waals surface area contributed by atoms with Crippen LogP contribution in [0.25, 0.3) is 0 Å². The van der Waals surface area contributed by atoms with Gasteiger partial charge in [0.1, 0.15) is 5.82 Å². The topological polar surface area (TPSA) is 24.9 Å². The Bertz CT molecular complexity index is 370. The van der Waals surface area contributed by atoms with Crippen molar-refractivity contribution in [2.75, 3.05) is 0 Å². The van der Waals surface area contributed by atoms with Gasteiger partial charge in [-0.15, -0.1) is 12.3 Å². The van der Waals surface area contributed by atoms with Crippen LogP contribution in [0.3, 0.4) is 0 Å². The third kappa shape index (κ3) is 3.63. The number of rotatable bonds is 5. The Morgan fingerprint density at radius 1 is 1.56 bits per heavy atom. The minimum Gasteiger partial charge on any atom is -0.306 e. The first-order valence-electron chi connectivity index (χ1n) is 5.47. The van der Waals surface area contributed by atoms with Gasteiger partial charge in [-0.1, -0.05) is 6.92 Å². The highest BCUT2D eigenvalue weighted by molar-refractivity contribution is 5.14. The summed E-state index contributed by atoms with van der Waals surface area (Å²) in [6.45, 7) is 4.06. The van der Waals surface area contributed by atoms with Crippen LogP contribution in [-0.4, -0.2) is 11.0 Å². The molecule has 0 fully saturated rings. The largest absolute Gasteiger partial charge is 0.306 e. The molecule has 86 valence electrons. The van der Waals surface area contributed by atoms with Crippen LogP contribution in [0, 0.1) is 18.2 Å². The van der Waals surface area contributed by atoms with E-state index in [2.05, 4.69) is 23.1 Å². The highest BCUT2D eigenvalue weighted by atomic mass is 19.1. The molecule has 1 N–H and O–H groups in total. The molecule has 2 nitrogen and oxygen atoms in total. The van der Waals surface area contributed by atoms with Crippen molar-refractivity contribution in [3.63, 3.8) is 0 Å². The fraction of sp³-hybridized carbons (Fsp3) is 0.462. The van der Waals surface area contributed by atoms with Gasteiger partial charge in [-0.05, 0) is 25.0 Å². The summed E-state index contributed by atoms with van der Waals surface area (Å²) in [5.74, 6) is 2.33. The molecule has 2 atom stereocenters. The Labute approximate surface area is 96.3 Å². The molecule has 16 heavy (non-hydrogen) atoms. The van der Waals surface area contributed by atoms with E-state index in [1.807, 2.05) is 6.92 Å². The first-order chi connectivity index (χ1) is 7.67. The minimum atomic E-state index is -0.309. The van der Waals surface area contributed by atoms with Gasteiger partial charge in [0.05, 0.1) is 6.20 Å². The molecule has 0 radical (unpaired) electrons. The van der Waals surface area contributed by atoms with E-state index >= 15 is 0 Å². The number of halogens is 1. The Morgan fingerprint density at radius 2 is 2.31 bits per heavy atom. The van der Waals surface area contributed by atoms with Crippen LogP contribution in [0.15, 0.2) is 18.5 Å². The van der Waals surface area contributed by atoms with Crippen molar-refractivity contribution in [3.05, 3.63) is 29.8 Å². The van der Waals surface area contributed by atoms with Gasteiger partial charge in [-0.2, -0.15) is 0 Å². The number of hydrogen-bond donors (Lipinski definition) is 1. The molecular weight excluding hydrogens is 203 g/mol. The SMILES string of the molecule is C#CCC(CC)NC(C)c1cncc(F)c1. The lowest BCUT2D eigenvalue weighted by Gasteiger charge is -2.20. The Kier molecular flexibility index (Phi) is 4.94. The quantitative estimate of drug-likeness (QED) is 0.772. The number of terminal acetylenes is 1. The fourth-order valence-electron chi connectivity index (χ4n) is 1.58. The maximum absolute atomic E-state index is 13.0. The molecule has 0 amide bonds. The number of nitrogens with one attached hydrogen (secondary N) is 1. The Balaban J connectivity index is 2.64. The van der Waals surface area contributed by atoms with Crippen LogP contribution in [0.2, 0.25) is 0 Å². The molecule has 1 aromatic heterocycles. The van der Waals surface area contributed by atoms with Crippen molar-refractivity contribution >= 4 is 0 Å². The predicted octanol–water partition coefficient (Wildman–Crippen LogP) is 2.67. The molecule has 1 heterocycles. The van der Waals surface area contributed by atoms with Crippen molar-refractivity contribution in [1.29, 1.82) is 0 Å². The van der Waals surface area contributed by atoms with Gasteiger partial charge in [0.2, 0.25) is 0 Å². The highest BCUT2D eigenvalue weighted by Crippen LogP contribution is 2.14. The fourth-order valence-corrected chi connectivity index (χ4v) is 1.58. The molecule has 1 aromatic rings. The van der Waals surface area contributed by atoms with E-state index in [-0.39, 0.29) is 17.9 Å². The number of aromatic nitrogens is 1. The molecule has 0 aromatic carbocycles. The third-order valence-corrected chi connectivity index (χ3v) is 2.57. The van der Waals surface area contributed by atoms with Gasteiger partial charge in [-0.3, -0.25) is 4.98 Å². The minimum absolute atomic E-state index is 0.0569. The first-order valence-corrected chi connectivity index (χ1v) is 5.47. The Hall–Kier alpha value is -1.40. The summed E-state index contributed by atoms with van der Waals surface area (Å²) in [5, 5.41) is 3.36. The summed E-state index contributed by atoms with van der Waals surface area (Å²) in [5.41, 5.74) is 0.843. The van der Waals surface area contributed by atoms with E-state index in [0.29, 0.717) is 6.42 Å². The van der Waals surface area contributed by atoms with E-state index in [9.17, 15) is 4.39 Å². The molecule has 0 aliphatic heterocycles. The lowest BCUT2D eigenvalue weighted by molar-refractivity contribution is 0.446. The van der Waals surface area contributed by atoms with Gasteiger partial charge < -0.3 is 5.32 Å². The molecule has 0 aliphatic carbocycles. The van der Waals surface area contributed by atoms with Crippen LogP contribution >= 0.6 is 0 Å². The molecule has 1 rings (SSSR count). The molecular formula is C13H17FN2. The maximum Gasteiger partial charge on any atom is 0.141 e. The van der Waals surface area contributed by atoms with Crippen molar-refractivity contribution in [3.8, 4) is 12.3 Å². The standard InChI is InChI=1S/C13H17FN2/c1-4-6-13(5-2)16-10(3)11-7-12(14)9-15-8-11/h1,7-10,13,16H,5-6H2,2-3H3. The van der Waals surface area contributed by atoms with Crippen molar-refractivity contribution in [1.82, 2.24) is 10.3 Å². The normalized spacial score (nSPS) is 14.1. The predicted molar refractivity (Wildman–Crippen MR) is 63.3 cm³/mol. The van der Waals surface area contributed by atoms with Crippen LogP contribution in [0.5, 0.6) is 0 Å². The molecule has 0 saturated carbocycles. The van der Waals surface area contributed by atoms with Gasteiger partial charge in [0.15, 0.2) is 0 Å². The molecule has 2 unspecified atom stereocenters. The zero-order chi connectivity index (χ0) is 12.0. The third-order valence-electron chi connectivity index (χ3n) is 2.57. The second kappa shape index (κ2) is 6.24. The number of pyridine rings is 1. The van der Waals surface area contributed by atoms with Crippen LogP contribution < -0.4 is 5.32 Å². The highest BCUT2D eigenvalue weighted by Gasteiger charge is 2.11. The molecule has 0 saturated heterocycles. The molecule has 0 bridgehead atoms. The van der Waals surface area contributed by atoms with Gasteiger partial charge in [-0.25, -0.2) is 4.39 Å². The lowest BCUT2D eigenvalue weighted by Crippen LogP contribution is -2.30. The van der Waals surface area contributed by atoms with E-state index < -0.39 is 0 Å². The average molecular weight is 220 g/mol. The second-order valence-electron chi connectivity index (χ2n) is 3.84. The Morgan fingerprint density at radius 3 is 2.88 bits per heavy atom. The van der Waals surface area contributed by atoms with Gasteiger partial charge in [0, 0.05) is 24.7 Å². The van der Waals surface area contributed by atoms with E-state index in [1.54, 1.807) is 6.20 Å². The second-order valence-corrected chi connectivity index (χ2v) is 3.84. The molecule has 0 aliphatic rings. The van der Waals surface area contributed by atoms with Crippen molar-refractivity contribution < 1.29 is 4.39 Å². The van der Waals surface area contributed by atoms with Gasteiger partial charge >= 0.3 is 0 Å². The van der Waals surface area contributed by atoms with E-state index in [1.165, 1.54) is 12.3 Å². The van der Waals surface area contributed by atoms with Crippen LogP contribution in [0.4, 0.5) is 4.39 Å². The average Bonchev–Trinajstić information content (AvgIpc) is 2.28. The number of nitrogens with zero attached hydrogens (tertiary/aromatic N) is 1. The molecule has 3 heteroatoms. The first kappa shape index (κ1) is 12.7. The summed E-state index contributed by atoms with van der Waals surface area (Å²) in [6, 6.07) is 1.82. The summed E-state index contributed by atoms with van der Waals surface area (Å²) >= 11 is 0. The zero-order valence-corrected chi connectivity index (χ0v) is 9.70. The monoisotopic (exact) mass is 220 g/mol. The van der Waals surface area contributed by atoms with Crippen molar-refractivity contribution in [2.45, 2.75) is 38.8 Å². The van der Waals surface area contributed by atoms with Gasteiger partial charge in [0.25, 0.3) is 0 Å². The smallest absolute Gasteiger partial charge is 0.141 e. The van der Waals surface area contributed by atoms with E-state index in [0.717, 1.165) is 12.0 Å². The van der Waals surface area contributed by atoms with Crippen LogP contribution in [-0.2, 0) is 0 Å². The zero-order valence-electron chi connectivity index (χ0n) is 9.70. The summed E-state index contributed by atoms with van der Waals surface area (Å²) in [6.07, 6.45) is 9.79.